The zero-order valence-electron chi connectivity index (χ0n) is 17.6. The number of carbonyl (C=O) groups excluding carboxylic acids is 1. The van der Waals surface area contributed by atoms with Crippen LogP contribution in [0.25, 0.3) is 15.7 Å². The largest absolute Gasteiger partial charge is 0.448 e. The molecule has 31 heavy (non-hydrogen) atoms. The third-order valence-corrected chi connectivity index (χ3v) is 6.17. The molecule has 2 N–H and O–H groups in total. The number of benzene rings is 1. The Hall–Kier alpha value is -2.97. The van der Waals surface area contributed by atoms with Gasteiger partial charge in [0.1, 0.15) is 12.1 Å². The third kappa shape index (κ3) is 5.03. The van der Waals surface area contributed by atoms with E-state index >= 15 is 0 Å². The number of aromatic nitrogens is 2. The van der Waals surface area contributed by atoms with Gasteiger partial charge in [-0.2, -0.15) is 0 Å². The number of hydrogen-bond acceptors (Lipinski definition) is 7. The molecule has 0 bridgehead atoms. The average Bonchev–Trinajstić information content (AvgIpc) is 3.24. The van der Waals surface area contributed by atoms with Crippen LogP contribution in [0.15, 0.2) is 47.7 Å². The van der Waals surface area contributed by atoms with Gasteiger partial charge >= 0.3 is 0 Å². The van der Waals surface area contributed by atoms with Crippen molar-refractivity contribution in [3.8, 4) is 0 Å². The van der Waals surface area contributed by atoms with Crippen LogP contribution in [0.5, 0.6) is 0 Å². The number of thioether (sulfide) groups is 1. The first-order chi connectivity index (χ1) is 14.9. The molecule has 0 unspecified atom stereocenters. The molecule has 0 aliphatic carbocycles. The SMILES string of the molecule is C=C(SC(C)=N)c1ccc2cnc(NC(=O)c3coc(C4CCN(C)CC4)n3)cc2c1.[HH]. The molecule has 7 nitrogen and oxygen atoms in total. The van der Waals surface area contributed by atoms with Crippen LogP contribution in [-0.2, 0) is 0 Å². The smallest absolute Gasteiger partial charge is 0.278 e. The van der Waals surface area contributed by atoms with Crippen LogP contribution >= 0.6 is 11.8 Å². The van der Waals surface area contributed by atoms with E-state index in [1.54, 1.807) is 13.1 Å². The summed E-state index contributed by atoms with van der Waals surface area (Å²) in [4.78, 5) is 24.5. The lowest BCUT2D eigenvalue weighted by Gasteiger charge is -2.26. The molecule has 2 aromatic heterocycles. The zero-order valence-corrected chi connectivity index (χ0v) is 18.5. The molecule has 0 atom stereocenters. The van der Waals surface area contributed by atoms with Gasteiger partial charge in [-0.1, -0.05) is 30.5 Å². The molecule has 1 aliphatic rings. The van der Waals surface area contributed by atoms with Gasteiger partial charge in [0.2, 0.25) is 0 Å². The minimum atomic E-state index is -0.342. The van der Waals surface area contributed by atoms with Crippen LogP contribution in [-0.4, -0.2) is 46.0 Å². The maximum atomic E-state index is 12.7. The quantitative estimate of drug-likeness (QED) is 0.419. The van der Waals surface area contributed by atoms with Gasteiger partial charge < -0.3 is 14.6 Å². The molecular formula is C23H27N5O2S. The highest BCUT2D eigenvalue weighted by Gasteiger charge is 2.24. The fraction of sp³-hybridized carbons (Fsp3) is 0.304. The van der Waals surface area contributed by atoms with E-state index in [0.29, 0.717) is 16.8 Å². The lowest BCUT2D eigenvalue weighted by atomic mass is 9.97. The Labute approximate surface area is 186 Å². The highest BCUT2D eigenvalue weighted by Crippen LogP contribution is 2.30. The van der Waals surface area contributed by atoms with Crippen LogP contribution in [0.2, 0.25) is 0 Å². The van der Waals surface area contributed by atoms with Gasteiger partial charge in [0, 0.05) is 23.8 Å². The predicted molar refractivity (Wildman–Crippen MR) is 128 cm³/mol. The summed E-state index contributed by atoms with van der Waals surface area (Å²) in [6, 6.07) is 7.73. The van der Waals surface area contributed by atoms with Crippen molar-refractivity contribution in [2.24, 2.45) is 0 Å². The monoisotopic (exact) mass is 437 g/mol. The summed E-state index contributed by atoms with van der Waals surface area (Å²) in [7, 11) is 2.10. The summed E-state index contributed by atoms with van der Waals surface area (Å²) in [5.41, 5.74) is 1.20. The first-order valence-electron chi connectivity index (χ1n) is 10.2. The second-order valence-corrected chi connectivity index (χ2v) is 9.12. The molecule has 1 saturated heterocycles. The highest BCUT2D eigenvalue weighted by atomic mass is 32.2. The number of likely N-dealkylation sites (tertiary alicyclic amines) is 1. The standard InChI is InChI=1S/C23H25N5O2S.H2/c1-14(31-15(2)24)17-4-5-18-12-25-21(11-19(18)10-17)27-22(29)20-13-30-23(26-20)16-6-8-28(3)9-7-16;/h4-5,10-13,16,24H,1,6-9H2,2-3H3,(H,25,27,29);1H. The molecule has 4 rings (SSSR count). The minimum absolute atomic E-state index is 0. The summed E-state index contributed by atoms with van der Waals surface area (Å²) >= 11 is 1.32. The molecule has 0 saturated carbocycles. The molecule has 0 spiro atoms. The van der Waals surface area contributed by atoms with Crippen molar-refractivity contribution in [3.63, 3.8) is 0 Å². The van der Waals surface area contributed by atoms with Gasteiger partial charge in [0.15, 0.2) is 11.6 Å². The number of carbonyl (C=O) groups is 1. The molecule has 1 fully saturated rings. The van der Waals surface area contributed by atoms with Crippen molar-refractivity contribution < 1.29 is 10.6 Å². The number of oxazole rings is 1. The van der Waals surface area contributed by atoms with E-state index in [0.717, 1.165) is 47.2 Å². The Balaban J connectivity index is 0.00000289. The number of fused-ring (bicyclic) bond motifs is 1. The molecule has 1 aromatic carbocycles. The van der Waals surface area contributed by atoms with E-state index in [1.807, 2.05) is 24.3 Å². The Morgan fingerprint density at radius 1 is 1.32 bits per heavy atom. The van der Waals surface area contributed by atoms with E-state index in [1.165, 1.54) is 18.0 Å². The number of nitrogens with zero attached hydrogens (tertiary/aromatic N) is 3. The van der Waals surface area contributed by atoms with Crippen molar-refractivity contribution in [1.29, 1.82) is 5.41 Å². The Kier molecular flexibility index (Phi) is 6.20. The van der Waals surface area contributed by atoms with Crippen LogP contribution in [0.4, 0.5) is 5.82 Å². The molecular weight excluding hydrogens is 410 g/mol. The third-order valence-electron chi connectivity index (χ3n) is 5.38. The Bertz CT molecular complexity index is 1150. The minimum Gasteiger partial charge on any atom is -0.448 e. The van der Waals surface area contributed by atoms with Crippen molar-refractivity contribution in [2.75, 3.05) is 25.5 Å². The van der Waals surface area contributed by atoms with Crippen LogP contribution in [0.3, 0.4) is 0 Å². The number of nitrogens with one attached hydrogen (secondary N) is 2. The number of piperidine rings is 1. The molecule has 8 heteroatoms. The summed E-state index contributed by atoms with van der Waals surface area (Å²) in [6.45, 7) is 7.78. The number of amides is 1. The van der Waals surface area contributed by atoms with E-state index < -0.39 is 0 Å². The Morgan fingerprint density at radius 3 is 2.84 bits per heavy atom. The van der Waals surface area contributed by atoms with Gasteiger partial charge in [-0.25, -0.2) is 9.97 Å². The van der Waals surface area contributed by atoms with Gasteiger partial charge in [0.05, 0.1) is 5.04 Å². The van der Waals surface area contributed by atoms with Crippen molar-refractivity contribution >= 4 is 44.2 Å². The average molecular weight is 438 g/mol. The van der Waals surface area contributed by atoms with Crippen LogP contribution in [0, 0.1) is 5.41 Å². The first kappa shape index (κ1) is 21.3. The molecule has 3 aromatic rings. The molecule has 1 aliphatic heterocycles. The van der Waals surface area contributed by atoms with Gasteiger partial charge in [-0.3, -0.25) is 10.2 Å². The summed E-state index contributed by atoms with van der Waals surface area (Å²) < 4.78 is 5.60. The fourth-order valence-electron chi connectivity index (χ4n) is 3.64. The molecule has 162 valence electrons. The van der Waals surface area contributed by atoms with Crippen LogP contribution in [0.1, 0.15) is 49.1 Å². The maximum absolute atomic E-state index is 12.7. The van der Waals surface area contributed by atoms with Crippen LogP contribution < -0.4 is 5.32 Å². The fourth-order valence-corrected chi connectivity index (χ4v) is 4.26. The second-order valence-electron chi connectivity index (χ2n) is 7.82. The van der Waals surface area contributed by atoms with E-state index in [4.69, 9.17) is 9.83 Å². The summed E-state index contributed by atoms with van der Waals surface area (Å²) in [5, 5.41) is 12.8. The second kappa shape index (κ2) is 9.03. The van der Waals surface area contributed by atoms with Crippen molar-refractivity contribution in [1.82, 2.24) is 14.9 Å². The number of pyridine rings is 1. The highest BCUT2D eigenvalue weighted by molar-refractivity contribution is 8.21. The van der Waals surface area contributed by atoms with E-state index in [2.05, 4.69) is 33.8 Å². The summed E-state index contributed by atoms with van der Waals surface area (Å²) in [5.74, 6) is 0.989. The van der Waals surface area contributed by atoms with Gasteiger partial charge in [0.25, 0.3) is 5.91 Å². The van der Waals surface area contributed by atoms with Crippen molar-refractivity contribution in [2.45, 2.75) is 25.7 Å². The molecule has 3 heterocycles. The number of anilines is 1. The number of hydrogen-bond donors (Lipinski definition) is 2. The zero-order chi connectivity index (χ0) is 22.0. The van der Waals surface area contributed by atoms with Gasteiger partial charge in [-0.15, -0.1) is 0 Å². The predicted octanol–water partition coefficient (Wildman–Crippen LogP) is 5.23. The summed E-state index contributed by atoms with van der Waals surface area (Å²) in [6.07, 6.45) is 5.10. The molecule has 1 amide bonds. The number of rotatable bonds is 5. The topological polar surface area (TPSA) is 95.1 Å². The molecule has 0 radical (unpaired) electrons. The first-order valence-corrected chi connectivity index (χ1v) is 11.0. The van der Waals surface area contributed by atoms with E-state index in [9.17, 15) is 4.79 Å². The van der Waals surface area contributed by atoms with E-state index in [-0.39, 0.29) is 18.9 Å². The lowest BCUT2D eigenvalue weighted by Crippen LogP contribution is -2.29. The van der Waals surface area contributed by atoms with Gasteiger partial charge in [-0.05, 0) is 63.0 Å². The maximum Gasteiger partial charge on any atom is 0.278 e. The normalized spacial score (nSPS) is 15.2. The Morgan fingerprint density at radius 2 is 2.10 bits per heavy atom. The lowest BCUT2D eigenvalue weighted by molar-refractivity contribution is 0.102. The van der Waals surface area contributed by atoms with Crippen molar-refractivity contribution in [3.05, 3.63) is 60.5 Å².